The van der Waals surface area contributed by atoms with Crippen LogP contribution in [0.15, 0.2) is 30.3 Å². The first-order valence-corrected chi connectivity index (χ1v) is 7.75. The van der Waals surface area contributed by atoms with Gasteiger partial charge >= 0.3 is 11.9 Å². The Bertz CT molecular complexity index is 545. The van der Waals surface area contributed by atoms with Crippen molar-refractivity contribution in [2.75, 3.05) is 6.61 Å². The number of esters is 2. The number of carbonyl (C=O) groups excluding carboxylic acids is 2. The number of aliphatic hydroxyl groups is 1. The summed E-state index contributed by atoms with van der Waals surface area (Å²) in [5.74, 6) is -0.966. The maximum atomic E-state index is 11.3. The molecule has 1 aliphatic heterocycles. The van der Waals surface area contributed by atoms with Crippen molar-refractivity contribution in [3.8, 4) is 0 Å². The summed E-state index contributed by atoms with van der Waals surface area (Å²) in [6, 6.07) is 9.51. The Hall–Kier alpha value is -1.96. The Morgan fingerprint density at radius 2 is 1.92 bits per heavy atom. The van der Waals surface area contributed by atoms with Gasteiger partial charge in [-0.3, -0.25) is 9.59 Å². The molecule has 0 saturated carbocycles. The minimum absolute atomic E-state index is 0.00435. The Balaban J connectivity index is 2.01. The van der Waals surface area contributed by atoms with Crippen molar-refractivity contribution in [3.05, 3.63) is 35.9 Å². The minimum atomic E-state index is -1.34. The number of carbonyl (C=O) groups is 2. The number of benzene rings is 1. The second-order valence-corrected chi connectivity index (χ2v) is 5.60. The van der Waals surface area contributed by atoms with Crippen molar-refractivity contribution in [3.63, 3.8) is 0 Å². The quantitative estimate of drug-likeness (QED) is 0.779. The van der Waals surface area contributed by atoms with Crippen molar-refractivity contribution in [2.45, 2.75) is 51.5 Å². The van der Waals surface area contributed by atoms with E-state index in [0.29, 0.717) is 13.0 Å². The lowest BCUT2D eigenvalue weighted by Crippen LogP contribution is -2.52. The molecule has 24 heavy (non-hydrogen) atoms. The lowest BCUT2D eigenvalue weighted by Gasteiger charge is -2.38. The fourth-order valence-corrected chi connectivity index (χ4v) is 2.49. The summed E-state index contributed by atoms with van der Waals surface area (Å²) in [5, 5.41) is 10.1. The van der Waals surface area contributed by atoms with Gasteiger partial charge in [0, 0.05) is 20.3 Å². The van der Waals surface area contributed by atoms with Gasteiger partial charge in [0.2, 0.25) is 0 Å². The van der Waals surface area contributed by atoms with Crippen LogP contribution >= 0.6 is 0 Å². The van der Waals surface area contributed by atoms with E-state index in [2.05, 4.69) is 0 Å². The fraction of sp³-hybridized carbons (Fsp3) is 0.529. The van der Waals surface area contributed by atoms with E-state index in [-0.39, 0.29) is 6.61 Å². The van der Waals surface area contributed by atoms with Crippen LogP contribution in [0.25, 0.3) is 0 Å². The number of rotatable bonds is 6. The van der Waals surface area contributed by atoms with Crippen LogP contribution in [0, 0.1) is 0 Å². The molecule has 0 spiro atoms. The summed E-state index contributed by atoms with van der Waals surface area (Å²) in [6.07, 6.45) is -3.05. The third kappa shape index (κ3) is 5.59. The zero-order chi connectivity index (χ0) is 17.5. The third-order valence-corrected chi connectivity index (χ3v) is 3.56. The number of ether oxygens (including phenoxy) is 4. The molecule has 0 radical (unpaired) electrons. The second kappa shape index (κ2) is 8.77. The number of aliphatic hydroxyl groups excluding tert-OH is 1. The van der Waals surface area contributed by atoms with Crippen molar-refractivity contribution >= 4 is 11.9 Å². The fourth-order valence-electron chi connectivity index (χ4n) is 2.49. The molecule has 7 heteroatoms. The molecule has 4 atom stereocenters. The third-order valence-electron chi connectivity index (χ3n) is 3.56. The van der Waals surface area contributed by atoms with Crippen LogP contribution in [-0.4, -0.2) is 48.3 Å². The average Bonchev–Trinajstić information content (AvgIpc) is 2.54. The van der Waals surface area contributed by atoms with Crippen LogP contribution in [0.5, 0.6) is 0 Å². The van der Waals surface area contributed by atoms with Crippen LogP contribution in [0.2, 0.25) is 0 Å². The van der Waals surface area contributed by atoms with Gasteiger partial charge in [-0.2, -0.15) is 0 Å². The summed E-state index contributed by atoms with van der Waals surface area (Å²) in [5.41, 5.74) is 0.955. The van der Waals surface area contributed by atoms with E-state index in [4.69, 9.17) is 18.9 Å². The standard InChI is InChI=1S/C17H22O7/c1-11(18)21-10-14-8-15(16(17(20)24-14)23-12(2)19)22-9-13-6-4-3-5-7-13/h3-7,14-17,20H,8-10H2,1-2H3/t14-,15-,16+,17+/m0/s1. The lowest BCUT2D eigenvalue weighted by atomic mass is 10.0. The highest BCUT2D eigenvalue weighted by molar-refractivity contribution is 5.66. The Morgan fingerprint density at radius 1 is 1.21 bits per heavy atom. The molecule has 0 bridgehead atoms. The van der Waals surface area contributed by atoms with Gasteiger partial charge in [-0.25, -0.2) is 0 Å². The van der Waals surface area contributed by atoms with Gasteiger partial charge in [0.15, 0.2) is 12.4 Å². The molecule has 7 nitrogen and oxygen atoms in total. The van der Waals surface area contributed by atoms with E-state index < -0.39 is 36.5 Å². The molecular formula is C17H22O7. The van der Waals surface area contributed by atoms with E-state index >= 15 is 0 Å². The molecule has 0 aliphatic carbocycles. The molecule has 1 aromatic carbocycles. The maximum absolute atomic E-state index is 11.3. The van der Waals surface area contributed by atoms with Crippen molar-refractivity contribution in [1.82, 2.24) is 0 Å². The summed E-state index contributed by atoms with van der Waals surface area (Å²) in [6.45, 7) is 2.86. The first-order valence-electron chi connectivity index (χ1n) is 7.75. The lowest BCUT2D eigenvalue weighted by molar-refractivity contribution is -0.268. The normalized spacial score (nSPS) is 26.6. The topological polar surface area (TPSA) is 91.3 Å². The zero-order valence-electron chi connectivity index (χ0n) is 13.7. The SMILES string of the molecule is CC(=O)OC[C@@H]1C[C@H](OCc2ccccc2)[C@@H](OC(C)=O)[C@H](O)O1. The van der Waals surface area contributed by atoms with E-state index in [1.165, 1.54) is 13.8 Å². The highest BCUT2D eigenvalue weighted by Gasteiger charge is 2.41. The molecular weight excluding hydrogens is 316 g/mol. The maximum Gasteiger partial charge on any atom is 0.303 e. The summed E-state index contributed by atoms with van der Waals surface area (Å²) < 4.78 is 21.2. The molecule has 0 amide bonds. The molecule has 1 aromatic rings. The van der Waals surface area contributed by atoms with E-state index in [1.807, 2.05) is 30.3 Å². The molecule has 1 aliphatic rings. The molecule has 1 N–H and O–H groups in total. The number of hydrogen-bond acceptors (Lipinski definition) is 7. The van der Waals surface area contributed by atoms with Gasteiger partial charge in [-0.15, -0.1) is 0 Å². The van der Waals surface area contributed by atoms with Gasteiger partial charge in [-0.1, -0.05) is 30.3 Å². The molecule has 1 saturated heterocycles. The molecule has 1 heterocycles. The largest absolute Gasteiger partial charge is 0.463 e. The van der Waals surface area contributed by atoms with E-state index in [0.717, 1.165) is 5.56 Å². The zero-order valence-corrected chi connectivity index (χ0v) is 13.7. The summed E-state index contributed by atoms with van der Waals surface area (Å²) in [4.78, 5) is 22.2. The Morgan fingerprint density at radius 3 is 2.54 bits per heavy atom. The van der Waals surface area contributed by atoms with Crippen molar-refractivity contribution in [1.29, 1.82) is 0 Å². The Labute approximate surface area is 140 Å². The monoisotopic (exact) mass is 338 g/mol. The van der Waals surface area contributed by atoms with Crippen LogP contribution in [0.3, 0.4) is 0 Å². The van der Waals surface area contributed by atoms with E-state index in [1.54, 1.807) is 0 Å². The van der Waals surface area contributed by atoms with Crippen LogP contribution < -0.4 is 0 Å². The molecule has 0 aromatic heterocycles. The highest BCUT2D eigenvalue weighted by Crippen LogP contribution is 2.25. The summed E-state index contributed by atoms with van der Waals surface area (Å²) >= 11 is 0. The van der Waals surface area contributed by atoms with Gasteiger partial charge < -0.3 is 24.1 Å². The van der Waals surface area contributed by atoms with Gasteiger partial charge in [0.25, 0.3) is 0 Å². The van der Waals surface area contributed by atoms with Crippen molar-refractivity contribution < 1.29 is 33.6 Å². The van der Waals surface area contributed by atoms with Crippen molar-refractivity contribution in [2.24, 2.45) is 0 Å². The molecule has 0 unspecified atom stereocenters. The highest BCUT2D eigenvalue weighted by atomic mass is 16.7. The first kappa shape index (κ1) is 18.4. The predicted octanol–water partition coefficient (Wildman–Crippen LogP) is 1.17. The smallest absolute Gasteiger partial charge is 0.303 e. The molecule has 132 valence electrons. The molecule has 2 rings (SSSR count). The van der Waals surface area contributed by atoms with Crippen LogP contribution in [0.1, 0.15) is 25.8 Å². The number of hydrogen-bond donors (Lipinski definition) is 1. The second-order valence-electron chi connectivity index (χ2n) is 5.60. The predicted molar refractivity (Wildman–Crippen MR) is 82.7 cm³/mol. The van der Waals surface area contributed by atoms with E-state index in [9.17, 15) is 14.7 Å². The Kier molecular flexibility index (Phi) is 6.72. The first-order chi connectivity index (χ1) is 11.5. The van der Waals surface area contributed by atoms with Gasteiger partial charge in [0.1, 0.15) is 12.7 Å². The molecule has 1 fully saturated rings. The average molecular weight is 338 g/mol. The van der Waals surface area contributed by atoms with Crippen LogP contribution in [-0.2, 0) is 35.1 Å². The van der Waals surface area contributed by atoms with Gasteiger partial charge in [0.05, 0.1) is 12.7 Å². The summed E-state index contributed by atoms with van der Waals surface area (Å²) in [7, 11) is 0. The minimum Gasteiger partial charge on any atom is -0.463 e. The van der Waals surface area contributed by atoms with Crippen LogP contribution in [0.4, 0.5) is 0 Å². The van der Waals surface area contributed by atoms with Gasteiger partial charge in [-0.05, 0) is 5.56 Å².